The first kappa shape index (κ1) is 18.2. The molecule has 0 amide bonds. The van der Waals surface area contributed by atoms with Gasteiger partial charge in [-0.25, -0.2) is 0 Å². The molecule has 1 aliphatic rings. The lowest BCUT2D eigenvalue weighted by Crippen LogP contribution is -2.48. The molecule has 0 aromatic heterocycles. The normalized spacial score (nSPS) is 15.8. The molecule has 2 aromatic rings. The van der Waals surface area contributed by atoms with E-state index in [1.807, 2.05) is 25.1 Å². The third-order valence-corrected chi connectivity index (χ3v) is 5.72. The van der Waals surface area contributed by atoms with Gasteiger partial charge in [0.2, 0.25) is 0 Å². The molecular formula is C21H25ClN2S. The Morgan fingerprint density at radius 3 is 2.52 bits per heavy atom. The molecule has 2 nitrogen and oxygen atoms in total. The summed E-state index contributed by atoms with van der Waals surface area (Å²) in [7, 11) is 0. The average molecular weight is 373 g/mol. The van der Waals surface area contributed by atoms with Gasteiger partial charge < -0.3 is 10.6 Å². The van der Waals surface area contributed by atoms with E-state index in [-0.39, 0.29) is 5.54 Å². The van der Waals surface area contributed by atoms with Gasteiger partial charge >= 0.3 is 0 Å². The van der Waals surface area contributed by atoms with Crippen molar-refractivity contribution in [1.29, 1.82) is 0 Å². The predicted octanol–water partition coefficient (Wildman–Crippen LogP) is 5.88. The van der Waals surface area contributed by atoms with E-state index in [1.165, 1.54) is 31.2 Å². The van der Waals surface area contributed by atoms with Crippen LogP contribution in [0.4, 0.5) is 5.69 Å². The van der Waals surface area contributed by atoms with E-state index in [0.717, 1.165) is 29.1 Å². The number of hydrogen-bond donors (Lipinski definition) is 2. The van der Waals surface area contributed by atoms with Crippen molar-refractivity contribution in [2.45, 2.75) is 51.0 Å². The zero-order chi connectivity index (χ0) is 17.7. The van der Waals surface area contributed by atoms with E-state index in [2.05, 4.69) is 41.0 Å². The molecule has 132 valence electrons. The van der Waals surface area contributed by atoms with Crippen molar-refractivity contribution < 1.29 is 0 Å². The molecule has 2 N–H and O–H groups in total. The second kappa shape index (κ2) is 8.20. The first-order valence-corrected chi connectivity index (χ1v) is 9.74. The van der Waals surface area contributed by atoms with Gasteiger partial charge in [0.05, 0.1) is 0 Å². The number of thiocarbonyl (C=S) groups is 1. The minimum Gasteiger partial charge on any atom is -0.357 e. The van der Waals surface area contributed by atoms with Gasteiger partial charge in [-0.1, -0.05) is 60.8 Å². The Labute approximate surface area is 161 Å². The van der Waals surface area contributed by atoms with Crippen molar-refractivity contribution in [3.05, 3.63) is 64.7 Å². The number of nitrogens with one attached hydrogen (secondary N) is 2. The van der Waals surface area contributed by atoms with Gasteiger partial charge in [-0.2, -0.15) is 0 Å². The highest BCUT2D eigenvalue weighted by atomic mass is 35.5. The highest BCUT2D eigenvalue weighted by Crippen LogP contribution is 2.34. The lowest BCUT2D eigenvalue weighted by molar-refractivity contribution is 0.362. The van der Waals surface area contributed by atoms with Crippen molar-refractivity contribution in [2.75, 3.05) is 5.32 Å². The van der Waals surface area contributed by atoms with Crippen molar-refractivity contribution >= 4 is 34.6 Å². The summed E-state index contributed by atoms with van der Waals surface area (Å²) in [6.07, 6.45) is 7.06. The van der Waals surface area contributed by atoms with Crippen LogP contribution in [-0.2, 0) is 6.42 Å². The first-order valence-electron chi connectivity index (χ1n) is 8.96. The van der Waals surface area contributed by atoms with Crippen LogP contribution in [0.1, 0.15) is 43.2 Å². The van der Waals surface area contributed by atoms with Crippen LogP contribution in [0.3, 0.4) is 0 Å². The molecule has 0 bridgehead atoms. The van der Waals surface area contributed by atoms with Crippen LogP contribution in [0.5, 0.6) is 0 Å². The molecule has 0 saturated heterocycles. The van der Waals surface area contributed by atoms with Crippen LogP contribution in [-0.4, -0.2) is 10.7 Å². The van der Waals surface area contributed by atoms with Gasteiger partial charge in [0, 0.05) is 16.2 Å². The Morgan fingerprint density at radius 1 is 1.12 bits per heavy atom. The number of halogens is 1. The van der Waals surface area contributed by atoms with Gasteiger partial charge in [0.15, 0.2) is 5.11 Å². The maximum Gasteiger partial charge on any atom is 0.171 e. The minimum atomic E-state index is 0.106. The third kappa shape index (κ3) is 4.96. The second-order valence-electron chi connectivity index (χ2n) is 7.02. The van der Waals surface area contributed by atoms with E-state index in [4.69, 9.17) is 23.8 Å². The highest BCUT2D eigenvalue weighted by Gasteiger charge is 2.33. The molecule has 0 radical (unpaired) electrons. The van der Waals surface area contributed by atoms with E-state index in [0.29, 0.717) is 5.11 Å². The second-order valence-corrected chi connectivity index (χ2v) is 7.83. The molecule has 25 heavy (non-hydrogen) atoms. The van der Waals surface area contributed by atoms with E-state index in [1.54, 1.807) is 0 Å². The maximum absolute atomic E-state index is 6.21. The van der Waals surface area contributed by atoms with Crippen LogP contribution in [0.2, 0.25) is 5.02 Å². The molecule has 1 fully saturated rings. The van der Waals surface area contributed by atoms with Crippen molar-refractivity contribution in [1.82, 2.24) is 5.32 Å². The number of anilines is 1. The Kier molecular flexibility index (Phi) is 5.98. The Hall–Kier alpha value is -1.58. The molecule has 0 aliphatic heterocycles. The fourth-order valence-electron chi connectivity index (χ4n) is 3.59. The molecule has 0 atom stereocenters. The molecule has 1 aliphatic carbocycles. The van der Waals surface area contributed by atoms with Gasteiger partial charge in [0.25, 0.3) is 0 Å². The lowest BCUT2D eigenvalue weighted by Gasteiger charge is -2.32. The molecule has 0 unspecified atom stereocenters. The molecule has 1 saturated carbocycles. The van der Waals surface area contributed by atoms with Crippen LogP contribution >= 0.6 is 23.8 Å². The topological polar surface area (TPSA) is 24.1 Å². The van der Waals surface area contributed by atoms with Gasteiger partial charge in [-0.15, -0.1) is 0 Å². The van der Waals surface area contributed by atoms with E-state index in [9.17, 15) is 0 Å². The van der Waals surface area contributed by atoms with Crippen LogP contribution < -0.4 is 10.6 Å². The molecule has 4 heteroatoms. The summed E-state index contributed by atoms with van der Waals surface area (Å²) in [6, 6.07) is 16.6. The van der Waals surface area contributed by atoms with E-state index >= 15 is 0 Å². The summed E-state index contributed by atoms with van der Waals surface area (Å²) in [6.45, 7) is 2.00. The van der Waals surface area contributed by atoms with Crippen LogP contribution in [0, 0.1) is 6.92 Å². The monoisotopic (exact) mass is 372 g/mol. The predicted molar refractivity (Wildman–Crippen MR) is 112 cm³/mol. The number of hydrogen-bond acceptors (Lipinski definition) is 1. The summed E-state index contributed by atoms with van der Waals surface area (Å²) in [5, 5.41) is 8.36. The Bertz CT molecular complexity index is 724. The third-order valence-electron chi connectivity index (χ3n) is 5.10. The fourth-order valence-corrected chi connectivity index (χ4v) is 4.11. The molecular weight excluding hydrogens is 348 g/mol. The summed E-state index contributed by atoms with van der Waals surface area (Å²) in [4.78, 5) is 0. The largest absolute Gasteiger partial charge is 0.357 e. The van der Waals surface area contributed by atoms with Crippen molar-refractivity contribution in [3.63, 3.8) is 0 Å². The summed E-state index contributed by atoms with van der Waals surface area (Å²) < 4.78 is 0. The zero-order valence-electron chi connectivity index (χ0n) is 14.6. The highest BCUT2D eigenvalue weighted by molar-refractivity contribution is 7.80. The summed E-state index contributed by atoms with van der Waals surface area (Å²) in [5.41, 5.74) is 3.50. The number of rotatable bonds is 5. The average Bonchev–Trinajstić information content (AvgIpc) is 3.06. The summed E-state index contributed by atoms with van der Waals surface area (Å²) in [5.74, 6) is 0. The van der Waals surface area contributed by atoms with Crippen molar-refractivity contribution in [2.24, 2.45) is 0 Å². The maximum atomic E-state index is 6.21. The zero-order valence-corrected chi connectivity index (χ0v) is 16.2. The number of aryl methyl sites for hydroxylation is 2. The standard InChI is InChI=1S/C21H25ClN2S/c1-16-9-10-18(15-19(16)22)23-20(25)24-21(12-5-6-13-21)14-11-17-7-3-2-4-8-17/h2-4,7-10,15H,5-6,11-14H2,1H3,(H2,23,24,25). The quantitative estimate of drug-likeness (QED) is 0.641. The Balaban J connectivity index is 1.62. The van der Waals surface area contributed by atoms with E-state index < -0.39 is 0 Å². The SMILES string of the molecule is Cc1ccc(NC(=S)NC2(CCc3ccccc3)CCCC2)cc1Cl. The Morgan fingerprint density at radius 2 is 1.84 bits per heavy atom. The minimum absolute atomic E-state index is 0.106. The number of benzene rings is 2. The first-order chi connectivity index (χ1) is 12.1. The van der Waals surface area contributed by atoms with Crippen LogP contribution in [0.25, 0.3) is 0 Å². The lowest BCUT2D eigenvalue weighted by atomic mass is 9.89. The fraction of sp³-hybridized carbons (Fsp3) is 0.381. The molecule has 0 heterocycles. The smallest absolute Gasteiger partial charge is 0.171 e. The van der Waals surface area contributed by atoms with Gasteiger partial charge in [-0.05, 0) is 68.1 Å². The molecule has 0 spiro atoms. The van der Waals surface area contributed by atoms with Crippen LogP contribution in [0.15, 0.2) is 48.5 Å². The summed E-state index contributed by atoms with van der Waals surface area (Å²) >= 11 is 11.8. The van der Waals surface area contributed by atoms with Gasteiger partial charge in [0.1, 0.15) is 0 Å². The van der Waals surface area contributed by atoms with Crippen molar-refractivity contribution in [3.8, 4) is 0 Å². The molecule has 3 rings (SSSR count). The van der Waals surface area contributed by atoms with Gasteiger partial charge in [-0.3, -0.25) is 0 Å². The molecule has 2 aromatic carbocycles.